The van der Waals surface area contributed by atoms with Crippen molar-refractivity contribution in [2.45, 2.75) is 4.90 Å². The van der Waals surface area contributed by atoms with Gasteiger partial charge in [-0.1, -0.05) is 18.2 Å². The van der Waals surface area contributed by atoms with Crippen LogP contribution in [0.3, 0.4) is 0 Å². The number of hydrogen-bond donors (Lipinski definition) is 1. The van der Waals surface area contributed by atoms with Gasteiger partial charge in [-0.3, -0.25) is 9.10 Å². The van der Waals surface area contributed by atoms with Crippen molar-refractivity contribution in [2.24, 2.45) is 0 Å². The molecule has 0 aliphatic rings. The highest BCUT2D eigenvalue weighted by Gasteiger charge is 2.22. The summed E-state index contributed by atoms with van der Waals surface area (Å²) in [5.41, 5.74) is 0.511. The molecule has 32 heavy (non-hydrogen) atoms. The summed E-state index contributed by atoms with van der Waals surface area (Å²) in [5.74, 6) is -3.80. The molecule has 10 heteroatoms. The number of carbonyl (C=O) groups excluding carboxylic acids is 2. The van der Waals surface area contributed by atoms with Crippen LogP contribution < -0.4 is 9.62 Å². The van der Waals surface area contributed by atoms with Crippen molar-refractivity contribution in [3.8, 4) is 0 Å². The lowest BCUT2D eigenvalue weighted by Crippen LogP contribution is -2.26. The van der Waals surface area contributed by atoms with E-state index in [0.717, 1.165) is 22.5 Å². The lowest BCUT2D eigenvalue weighted by molar-refractivity contribution is -0.119. The molecule has 166 valence electrons. The maximum Gasteiger partial charge on any atom is 0.338 e. The number of benzene rings is 3. The third-order valence-corrected chi connectivity index (χ3v) is 6.21. The number of nitrogens with zero attached hydrogens (tertiary/aromatic N) is 1. The van der Waals surface area contributed by atoms with Gasteiger partial charge in [0.15, 0.2) is 18.2 Å². The van der Waals surface area contributed by atoms with Crippen LogP contribution in [0.5, 0.6) is 0 Å². The van der Waals surface area contributed by atoms with Gasteiger partial charge in [-0.25, -0.2) is 22.0 Å². The third-order valence-electron chi connectivity index (χ3n) is 4.41. The predicted molar refractivity (Wildman–Crippen MR) is 114 cm³/mol. The van der Waals surface area contributed by atoms with E-state index in [4.69, 9.17) is 4.74 Å². The molecular formula is C22H18F2N2O5S. The summed E-state index contributed by atoms with van der Waals surface area (Å²) in [6, 6.07) is 16.3. The highest BCUT2D eigenvalue weighted by molar-refractivity contribution is 7.92. The number of amides is 1. The van der Waals surface area contributed by atoms with Gasteiger partial charge in [0.2, 0.25) is 0 Å². The molecule has 1 N–H and O–H groups in total. The molecule has 0 aliphatic carbocycles. The molecule has 0 atom stereocenters. The quantitative estimate of drug-likeness (QED) is 0.544. The zero-order valence-corrected chi connectivity index (χ0v) is 17.6. The van der Waals surface area contributed by atoms with Crippen LogP contribution in [-0.2, 0) is 19.6 Å². The van der Waals surface area contributed by atoms with Crippen molar-refractivity contribution in [1.82, 2.24) is 0 Å². The molecule has 7 nitrogen and oxygen atoms in total. The van der Waals surface area contributed by atoms with Gasteiger partial charge in [-0.2, -0.15) is 0 Å². The number of ether oxygens (including phenoxy) is 1. The minimum Gasteiger partial charge on any atom is -0.452 e. The number of halogens is 2. The molecule has 0 fully saturated rings. The van der Waals surface area contributed by atoms with Crippen LogP contribution in [0.1, 0.15) is 10.4 Å². The second kappa shape index (κ2) is 9.56. The van der Waals surface area contributed by atoms with Gasteiger partial charge < -0.3 is 10.1 Å². The first-order chi connectivity index (χ1) is 15.2. The molecule has 0 aromatic heterocycles. The van der Waals surface area contributed by atoms with Crippen molar-refractivity contribution < 1.29 is 31.5 Å². The Hall–Kier alpha value is -3.79. The molecule has 3 aromatic carbocycles. The van der Waals surface area contributed by atoms with Crippen LogP contribution in [-0.4, -0.2) is 33.9 Å². The zero-order chi connectivity index (χ0) is 23.3. The second-order valence-electron chi connectivity index (χ2n) is 6.59. The lowest BCUT2D eigenvalue weighted by atomic mass is 10.2. The average molecular weight is 460 g/mol. The third kappa shape index (κ3) is 5.27. The fraction of sp³-hybridized carbons (Fsp3) is 0.0909. The molecule has 1 amide bonds. The molecule has 0 radical (unpaired) electrons. The number of rotatable bonds is 7. The van der Waals surface area contributed by atoms with E-state index in [0.29, 0.717) is 5.69 Å². The number of para-hydroxylation sites is 1. The minimum absolute atomic E-state index is 0.00189. The molecule has 3 aromatic rings. The van der Waals surface area contributed by atoms with E-state index >= 15 is 0 Å². The van der Waals surface area contributed by atoms with Crippen molar-refractivity contribution >= 4 is 33.3 Å². The maximum absolute atomic E-state index is 13.2. The number of anilines is 2. The van der Waals surface area contributed by atoms with Gasteiger partial charge in [0.1, 0.15) is 0 Å². The summed E-state index contributed by atoms with van der Waals surface area (Å²) in [5, 5.41) is 2.27. The van der Waals surface area contributed by atoms with E-state index < -0.39 is 40.1 Å². The van der Waals surface area contributed by atoms with Crippen molar-refractivity contribution in [2.75, 3.05) is 23.3 Å². The molecular weight excluding hydrogens is 442 g/mol. The average Bonchev–Trinajstić information content (AvgIpc) is 2.80. The molecule has 0 bridgehead atoms. The Morgan fingerprint density at radius 3 is 2.22 bits per heavy atom. The van der Waals surface area contributed by atoms with Crippen LogP contribution in [0.15, 0.2) is 77.7 Å². The first-order valence-electron chi connectivity index (χ1n) is 9.24. The van der Waals surface area contributed by atoms with Crippen LogP contribution in [0.25, 0.3) is 0 Å². The van der Waals surface area contributed by atoms with Gasteiger partial charge in [-0.05, 0) is 48.5 Å². The van der Waals surface area contributed by atoms with Crippen LogP contribution >= 0.6 is 0 Å². The Bertz CT molecular complexity index is 1230. The largest absolute Gasteiger partial charge is 0.452 e. The molecule has 0 spiro atoms. The van der Waals surface area contributed by atoms with Gasteiger partial charge >= 0.3 is 5.97 Å². The summed E-state index contributed by atoms with van der Waals surface area (Å²) in [7, 11) is -2.43. The summed E-state index contributed by atoms with van der Waals surface area (Å²) >= 11 is 0. The Kier molecular flexibility index (Phi) is 6.84. The molecule has 0 heterocycles. The van der Waals surface area contributed by atoms with Crippen LogP contribution in [0, 0.1) is 11.6 Å². The van der Waals surface area contributed by atoms with E-state index in [1.807, 2.05) is 0 Å². The fourth-order valence-corrected chi connectivity index (χ4v) is 3.88. The SMILES string of the molecule is CN(c1ccccc1)S(=O)(=O)c1ccc(C(=O)OCC(=O)Nc2ccc(F)c(F)c2)cc1. The van der Waals surface area contributed by atoms with E-state index in [-0.39, 0.29) is 16.1 Å². The number of nitrogens with one attached hydrogen (secondary N) is 1. The second-order valence-corrected chi connectivity index (χ2v) is 8.55. The summed E-state index contributed by atoms with van der Waals surface area (Å²) in [4.78, 5) is 24.0. The zero-order valence-electron chi connectivity index (χ0n) is 16.8. The summed E-state index contributed by atoms with van der Waals surface area (Å²) < 4.78 is 57.6. The van der Waals surface area contributed by atoms with Gasteiger partial charge in [0, 0.05) is 18.8 Å². The van der Waals surface area contributed by atoms with Crippen molar-refractivity contribution in [1.29, 1.82) is 0 Å². The standard InChI is InChI=1S/C22H18F2N2O5S/c1-26(17-5-3-2-4-6-17)32(29,30)18-10-7-15(8-11-18)22(28)31-14-21(27)25-16-9-12-19(23)20(24)13-16/h2-13H,14H2,1H3,(H,25,27). The van der Waals surface area contributed by atoms with Gasteiger partial charge in [0.05, 0.1) is 16.1 Å². The van der Waals surface area contributed by atoms with Gasteiger partial charge in [0.25, 0.3) is 15.9 Å². The van der Waals surface area contributed by atoms with Crippen molar-refractivity contribution in [3.05, 3.63) is 90.0 Å². The normalized spacial score (nSPS) is 11.0. The van der Waals surface area contributed by atoms with Crippen molar-refractivity contribution in [3.63, 3.8) is 0 Å². The molecule has 3 rings (SSSR count). The van der Waals surface area contributed by atoms with E-state index in [1.54, 1.807) is 30.3 Å². The highest BCUT2D eigenvalue weighted by atomic mass is 32.2. The summed E-state index contributed by atoms with van der Waals surface area (Å²) in [6.45, 7) is -0.672. The number of hydrogen-bond acceptors (Lipinski definition) is 5. The summed E-state index contributed by atoms with van der Waals surface area (Å²) in [6.07, 6.45) is 0. The first-order valence-corrected chi connectivity index (χ1v) is 10.7. The smallest absolute Gasteiger partial charge is 0.338 e. The fourth-order valence-electron chi connectivity index (χ4n) is 2.68. The van der Waals surface area contributed by atoms with E-state index in [9.17, 15) is 26.8 Å². The van der Waals surface area contributed by atoms with Crippen LogP contribution in [0.4, 0.5) is 20.2 Å². The topological polar surface area (TPSA) is 92.8 Å². The number of sulfonamides is 1. The maximum atomic E-state index is 13.2. The van der Waals surface area contributed by atoms with Gasteiger partial charge in [-0.15, -0.1) is 0 Å². The lowest BCUT2D eigenvalue weighted by Gasteiger charge is -2.19. The molecule has 0 unspecified atom stereocenters. The molecule has 0 saturated carbocycles. The Labute approximate surface area is 183 Å². The number of carbonyl (C=O) groups is 2. The van der Waals surface area contributed by atoms with E-state index in [2.05, 4.69) is 5.32 Å². The highest BCUT2D eigenvalue weighted by Crippen LogP contribution is 2.22. The van der Waals surface area contributed by atoms with Crippen LogP contribution in [0.2, 0.25) is 0 Å². The Morgan fingerprint density at radius 1 is 0.938 bits per heavy atom. The predicted octanol–water partition coefficient (Wildman–Crippen LogP) is 3.59. The Balaban J connectivity index is 1.61. The monoisotopic (exact) mass is 460 g/mol. The van der Waals surface area contributed by atoms with E-state index in [1.165, 1.54) is 31.3 Å². The first kappa shape index (κ1) is 22.9. The molecule has 0 aliphatic heterocycles. The Morgan fingerprint density at radius 2 is 1.59 bits per heavy atom. The molecule has 0 saturated heterocycles. The minimum atomic E-state index is -3.84. The number of esters is 1.